The van der Waals surface area contributed by atoms with E-state index >= 15 is 0 Å². The molecule has 3 aliphatic rings. The molecular formula is C13H9BrO. The van der Waals surface area contributed by atoms with Gasteiger partial charge in [0.15, 0.2) is 5.78 Å². The lowest BCUT2D eigenvalue weighted by atomic mass is 9.83. The van der Waals surface area contributed by atoms with Crippen LogP contribution in [0.4, 0.5) is 0 Å². The van der Waals surface area contributed by atoms with Gasteiger partial charge in [-0.15, -0.1) is 0 Å². The molecule has 0 heterocycles. The summed E-state index contributed by atoms with van der Waals surface area (Å²) in [6.45, 7) is 0. The van der Waals surface area contributed by atoms with Crippen molar-refractivity contribution in [2.45, 2.75) is 10.2 Å². The second-order valence-electron chi connectivity index (χ2n) is 3.91. The molecule has 1 aromatic carbocycles. The van der Waals surface area contributed by atoms with Gasteiger partial charge in [0, 0.05) is 5.92 Å². The maximum atomic E-state index is 12.0. The molecule has 0 saturated heterocycles. The molecule has 2 heteroatoms. The Bertz CT molecular complexity index is 501. The highest BCUT2D eigenvalue weighted by Crippen LogP contribution is 2.45. The zero-order valence-corrected chi connectivity index (χ0v) is 9.57. The number of fused-ring (bicyclic) bond motifs is 1. The number of allylic oxidation sites excluding steroid dienone is 4. The summed E-state index contributed by atoms with van der Waals surface area (Å²) < 4.78 is -0.632. The van der Waals surface area contributed by atoms with Crippen molar-refractivity contribution in [2.24, 2.45) is 0 Å². The molecule has 74 valence electrons. The minimum atomic E-state index is -0.632. The fourth-order valence-electron chi connectivity index (χ4n) is 2.24. The topological polar surface area (TPSA) is 17.1 Å². The number of ketones is 1. The molecule has 2 bridgehead atoms. The quantitative estimate of drug-likeness (QED) is 0.518. The van der Waals surface area contributed by atoms with Crippen LogP contribution in [0.5, 0.6) is 0 Å². The van der Waals surface area contributed by atoms with E-state index in [0.29, 0.717) is 0 Å². The first-order valence-electron chi connectivity index (χ1n) is 4.92. The summed E-state index contributed by atoms with van der Waals surface area (Å²) in [6.07, 6.45) is 7.69. The zero-order valence-electron chi connectivity index (χ0n) is 7.98. The van der Waals surface area contributed by atoms with Crippen molar-refractivity contribution in [3.05, 3.63) is 59.7 Å². The van der Waals surface area contributed by atoms with Gasteiger partial charge in [-0.3, -0.25) is 4.79 Å². The van der Waals surface area contributed by atoms with Gasteiger partial charge >= 0.3 is 0 Å². The van der Waals surface area contributed by atoms with Crippen LogP contribution in [0.2, 0.25) is 0 Å². The smallest absolute Gasteiger partial charge is 0.180 e. The minimum Gasteiger partial charge on any atom is -0.293 e. The number of carbonyl (C=O) groups excluding carboxylic acids is 1. The maximum absolute atomic E-state index is 12.0. The van der Waals surface area contributed by atoms with E-state index < -0.39 is 4.32 Å². The molecule has 0 saturated carbocycles. The SMILES string of the molecule is O=C1C=CC2C=CC1(Br)c1ccccc12. The van der Waals surface area contributed by atoms with Gasteiger partial charge < -0.3 is 0 Å². The molecule has 2 unspecified atom stereocenters. The summed E-state index contributed by atoms with van der Waals surface area (Å²) in [5.41, 5.74) is 2.30. The standard InChI is InChI=1S/C13H9BrO/c14-13-8-7-9(5-6-12(13)15)10-3-1-2-4-11(10)13/h1-9H. The van der Waals surface area contributed by atoms with Crippen LogP contribution in [0.3, 0.4) is 0 Å². The molecule has 15 heavy (non-hydrogen) atoms. The van der Waals surface area contributed by atoms with E-state index in [9.17, 15) is 4.79 Å². The van der Waals surface area contributed by atoms with Crippen molar-refractivity contribution in [3.63, 3.8) is 0 Å². The lowest BCUT2D eigenvalue weighted by Gasteiger charge is -2.27. The number of halogens is 1. The van der Waals surface area contributed by atoms with Crippen LogP contribution >= 0.6 is 15.9 Å². The fourth-order valence-corrected chi connectivity index (χ4v) is 2.89. The first kappa shape index (κ1) is 9.10. The molecule has 0 aliphatic heterocycles. The van der Waals surface area contributed by atoms with Crippen molar-refractivity contribution < 1.29 is 4.79 Å². The largest absolute Gasteiger partial charge is 0.293 e. The molecule has 4 rings (SSSR count). The Labute approximate surface area is 96.6 Å². The van der Waals surface area contributed by atoms with E-state index in [1.807, 2.05) is 30.4 Å². The predicted octanol–water partition coefficient (Wildman–Crippen LogP) is 3.07. The van der Waals surface area contributed by atoms with Crippen LogP contribution in [0, 0.1) is 0 Å². The van der Waals surface area contributed by atoms with Crippen molar-refractivity contribution >= 4 is 21.7 Å². The van der Waals surface area contributed by atoms with E-state index in [1.165, 1.54) is 5.56 Å². The van der Waals surface area contributed by atoms with Gasteiger partial charge in [-0.05, 0) is 17.2 Å². The highest BCUT2D eigenvalue weighted by molar-refractivity contribution is 9.10. The van der Waals surface area contributed by atoms with Gasteiger partial charge in [0.1, 0.15) is 4.32 Å². The third kappa shape index (κ3) is 1.11. The van der Waals surface area contributed by atoms with E-state index in [4.69, 9.17) is 0 Å². The number of hydrogen-bond acceptors (Lipinski definition) is 1. The van der Waals surface area contributed by atoms with Crippen LogP contribution in [0.25, 0.3) is 0 Å². The Kier molecular flexibility index (Phi) is 1.77. The monoisotopic (exact) mass is 260 g/mol. The first-order valence-corrected chi connectivity index (χ1v) is 5.71. The third-order valence-electron chi connectivity index (χ3n) is 3.06. The van der Waals surface area contributed by atoms with Gasteiger partial charge in [0.2, 0.25) is 0 Å². The molecular weight excluding hydrogens is 252 g/mol. The highest BCUT2D eigenvalue weighted by atomic mass is 79.9. The first-order chi connectivity index (χ1) is 7.22. The van der Waals surface area contributed by atoms with Gasteiger partial charge in [0.05, 0.1) is 0 Å². The van der Waals surface area contributed by atoms with E-state index in [0.717, 1.165) is 5.56 Å². The Morgan fingerprint density at radius 3 is 2.87 bits per heavy atom. The van der Waals surface area contributed by atoms with E-state index in [-0.39, 0.29) is 11.7 Å². The molecule has 0 aromatic heterocycles. The summed E-state index contributed by atoms with van der Waals surface area (Å²) in [7, 11) is 0. The Balaban J connectivity index is 2.37. The molecule has 0 radical (unpaired) electrons. The van der Waals surface area contributed by atoms with Crippen molar-refractivity contribution in [1.29, 1.82) is 0 Å². The molecule has 0 N–H and O–H groups in total. The number of carbonyl (C=O) groups is 1. The van der Waals surface area contributed by atoms with E-state index in [1.54, 1.807) is 6.08 Å². The fraction of sp³-hybridized carbons (Fsp3) is 0.154. The molecule has 3 aliphatic carbocycles. The number of hydrogen-bond donors (Lipinski definition) is 0. The molecule has 2 atom stereocenters. The van der Waals surface area contributed by atoms with Crippen LogP contribution in [0.1, 0.15) is 17.0 Å². The molecule has 1 aromatic rings. The van der Waals surface area contributed by atoms with Gasteiger partial charge in [-0.1, -0.05) is 58.4 Å². The molecule has 1 nitrogen and oxygen atoms in total. The van der Waals surface area contributed by atoms with Crippen LogP contribution in [-0.4, -0.2) is 5.78 Å². The van der Waals surface area contributed by atoms with Gasteiger partial charge in [-0.2, -0.15) is 0 Å². The van der Waals surface area contributed by atoms with E-state index in [2.05, 4.69) is 28.1 Å². The summed E-state index contributed by atoms with van der Waals surface area (Å²) in [4.78, 5) is 12.0. The van der Waals surface area contributed by atoms with Crippen LogP contribution in [-0.2, 0) is 9.12 Å². The lowest BCUT2D eigenvalue weighted by molar-refractivity contribution is -0.115. The summed E-state index contributed by atoms with van der Waals surface area (Å²) >= 11 is 3.56. The second kappa shape index (κ2) is 2.92. The lowest BCUT2D eigenvalue weighted by Crippen LogP contribution is -2.27. The van der Waals surface area contributed by atoms with Crippen LogP contribution < -0.4 is 0 Å². The summed E-state index contributed by atoms with van der Waals surface area (Å²) in [6, 6.07) is 8.10. The van der Waals surface area contributed by atoms with Crippen molar-refractivity contribution in [2.75, 3.05) is 0 Å². The normalized spacial score (nSPS) is 31.5. The predicted molar refractivity (Wildman–Crippen MR) is 63.1 cm³/mol. The Hall–Kier alpha value is -1.15. The van der Waals surface area contributed by atoms with Crippen molar-refractivity contribution in [3.8, 4) is 0 Å². The van der Waals surface area contributed by atoms with Gasteiger partial charge in [-0.25, -0.2) is 0 Å². The van der Waals surface area contributed by atoms with Crippen LogP contribution in [0.15, 0.2) is 48.6 Å². The Morgan fingerprint density at radius 2 is 2.00 bits per heavy atom. The number of benzene rings is 1. The maximum Gasteiger partial charge on any atom is 0.180 e. The summed E-state index contributed by atoms with van der Waals surface area (Å²) in [5.74, 6) is 0.351. The highest BCUT2D eigenvalue weighted by Gasteiger charge is 2.40. The third-order valence-corrected chi connectivity index (χ3v) is 4.14. The van der Waals surface area contributed by atoms with Gasteiger partial charge in [0.25, 0.3) is 0 Å². The van der Waals surface area contributed by atoms with Crippen molar-refractivity contribution in [1.82, 2.24) is 0 Å². The second-order valence-corrected chi connectivity index (χ2v) is 5.16. The molecule has 0 spiro atoms. The molecule has 0 fully saturated rings. The Morgan fingerprint density at radius 1 is 1.20 bits per heavy atom. The number of rotatable bonds is 0. The summed E-state index contributed by atoms with van der Waals surface area (Å²) in [5, 5.41) is 0. The average Bonchev–Trinajstić information content (AvgIpc) is 2.47. The number of alkyl halides is 1. The average molecular weight is 261 g/mol. The minimum absolute atomic E-state index is 0.103. The molecule has 0 amide bonds. The zero-order chi connectivity index (χ0) is 10.5.